The monoisotopic (exact) mass is 287 g/mol. The van der Waals surface area contributed by atoms with Crippen LogP contribution in [-0.2, 0) is 13.1 Å². The summed E-state index contributed by atoms with van der Waals surface area (Å²) < 4.78 is 3.22. The van der Waals surface area contributed by atoms with Crippen molar-refractivity contribution in [2.24, 2.45) is 0 Å². The zero-order chi connectivity index (χ0) is 7.84. The van der Waals surface area contributed by atoms with Gasteiger partial charge >= 0.3 is 0 Å². The van der Waals surface area contributed by atoms with Crippen molar-refractivity contribution in [3.05, 3.63) is 15.9 Å². The van der Waals surface area contributed by atoms with Crippen molar-refractivity contribution in [1.29, 1.82) is 0 Å². The molecule has 1 aliphatic heterocycles. The minimum Gasteiger partial charge on any atom is -0.309 e. The highest BCUT2D eigenvalue weighted by Gasteiger charge is 2.14. The molecule has 1 aromatic heterocycles. The lowest BCUT2D eigenvalue weighted by Gasteiger charge is -2.14. The van der Waals surface area contributed by atoms with E-state index in [4.69, 9.17) is 0 Å². The van der Waals surface area contributed by atoms with E-state index in [1.807, 2.05) is 6.92 Å². The number of aryl methyl sites for hydroxylation is 1. The second-order valence-corrected chi connectivity index (χ2v) is 3.54. The minimum absolute atomic E-state index is 0. The molecule has 0 spiro atoms. The molecule has 0 bridgehead atoms. The Kier molecular flexibility index (Phi) is 5.29. The predicted molar refractivity (Wildman–Crippen MR) is 60.9 cm³/mol. The number of rotatable bonds is 0. The van der Waals surface area contributed by atoms with E-state index in [0.29, 0.717) is 0 Å². The Balaban J connectivity index is 0.000000720. The Hall–Kier alpha value is 0.230. The van der Waals surface area contributed by atoms with Crippen molar-refractivity contribution in [1.82, 2.24) is 15.1 Å². The molecule has 0 aromatic carbocycles. The highest BCUT2D eigenvalue weighted by Crippen LogP contribution is 2.21. The van der Waals surface area contributed by atoms with Crippen molar-refractivity contribution >= 4 is 40.7 Å². The third kappa shape index (κ3) is 2.37. The predicted octanol–water partition coefficient (Wildman–Crippen LogP) is 1.90. The first-order chi connectivity index (χ1) is 5.29. The highest BCUT2D eigenvalue weighted by molar-refractivity contribution is 9.10. The van der Waals surface area contributed by atoms with Crippen LogP contribution in [0.4, 0.5) is 0 Å². The molecule has 0 radical (unpaired) electrons. The topological polar surface area (TPSA) is 29.9 Å². The SMILES string of the molecule is Cc1nn2c(c1Br)CNCC2.Cl.Cl. The molecule has 2 rings (SSSR count). The average molecular weight is 289 g/mol. The van der Waals surface area contributed by atoms with Gasteiger partial charge in [-0.1, -0.05) is 0 Å². The standard InChI is InChI=1S/C7H10BrN3.2ClH/c1-5-7(8)6-4-9-2-3-11(6)10-5;;/h9H,2-4H2,1H3;2*1H. The third-order valence-corrected chi connectivity index (χ3v) is 2.98. The lowest BCUT2D eigenvalue weighted by Crippen LogP contribution is -2.28. The molecule has 76 valence electrons. The van der Waals surface area contributed by atoms with Gasteiger partial charge in [-0.05, 0) is 22.9 Å². The number of aromatic nitrogens is 2. The smallest absolute Gasteiger partial charge is 0.0739 e. The summed E-state index contributed by atoms with van der Waals surface area (Å²) in [5.74, 6) is 0. The van der Waals surface area contributed by atoms with E-state index >= 15 is 0 Å². The zero-order valence-electron chi connectivity index (χ0n) is 7.21. The van der Waals surface area contributed by atoms with E-state index in [1.54, 1.807) is 0 Å². The first kappa shape index (κ1) is 13.2. The molecule has 1 N–H and O–H groups in total. The van der Waals surface area contributed by atoms with Gasteiger partial charge in [0.1, 0.15) is 0 Å². The number of nitrogens with zero attached hydrogens (tertiary/aromatic N) is 2. The van der Waals surface area contributed by atoms with E-state index < -0.39 is 0 Å². The molecule has 0 amide bonds. The average Bonchev–Trinajstić information content (AvgIpc) is 2.30. The number of fused-ring (bicyclic) bond motifs is 1. The Morgan fingerprint density at radius 1 is 1.46 bits per heavy atom. The number of hydrogen-bond acceptors (Lipinski definition) is 2. The second kappa shape index (κ2) is 5.20. The lowest BCUT2D eigenvalue weighted by atomic mass is 10.3. The number of hydrogen-bond donors (Lipinski definition) is 1. The second-order valence-electron chi connectivity index (χ2n) is 2.75. The van der Waals surface area contributed by atoms with Gasteiger partial charge in [0.2, 0.25) is 0 Å². The summed E-state index contributed by atoms with van der Waals surface area (Å²) in [6.45, 7) is 4.97. The van der Waals surface area contributed by atoms with Gasteiger partial charge in [-0.25, -0.2) is 0 Å². The molecule has 2 heterocycles. The summed E-state index contributed by atoms with van der Waals surface area (Å²) >= 11 is 3.51. The summed E-state index contributed by atoms with van der Waals surface area (Å²) in [6.07, 6.45) is 0. The fourth-order valence-electron chi connectivity index (χ4n) is 1.35. The molecule has 0 aliphatic carbocycles. The molecule has 13 heavy (non-hydrogen) atoms. The fraction of sp³-hybridized carbons (Fsp3) is 0.571. The first-order valence-electron chi connectivity index (χ1n) is 3.71. The Bertz CT molecular complexity index is 288. The first-order valence-corrected chi connectivity index (χ1v) is 4.51. The van der Waals surface area contributed by atoms with Crippen LogP contribution in [0.1, 0.15) is 11.4 Å². The van der Waals surface area contributed by atoms with Crippen LogP contribution in [0.15, 0.2) is 4.47 Å². The van der Waals surface area contributed by atoms with Gasteiger partial charge in [0.05, 0.1) is 22.4 Å². The molecule has 3 nitrogen and oxygen atoms in total. The van der Waals surface area contributed by atoms with Crippen LogP contribution >= 0.6 is 40.7 Å². The van der Waals surface area contributed by atoms with Gasteiger partial charge < -0.3 is 5.32 Å². The van der Waals surface area contributed by atoms with Crippen LogP contribution in [0.3, 0.4) is 0 Å². The van der Waals surface area contributed by atoms with Crippen LogP contribution in [0.2, 0.25) is 0 Å². The van der Waals surface area contributed by atoms with Crippen LogP contribution < -0.4 is 5.32 Å². The van der Waals surface area contributed by atoms with Crippen LogP contribution in [0.5, 0.6) is 0 Å². The molecular weight excluding hydrogens is 277 g/mol. The minimum atomic E-state index is 0. The van der Waals surface area contributed by atoms with Gasteiger partial charge in [-0.15, -0.1) is 24.8 Å². The normalized spacial score (nSPS) is 14.0. The zero-order valence-corrected chi connectivity index (χ0v) is 10.4. The molecular formula is C7H12BrCl2N3. The van der Waals surface area contributed by atoms with E-state index in [-0.39, 0.29) is 24.8 Å². The van der Waals surface area contributed by atoms with Gasteiger partial charge in [0.15, 0.2) is 0 Å². The number of halogens is 3. The molecule has 0 fully saturated rings. The largest absolute Gasteiger partial charge is 0.309 e. The van der Waals surface area contributed by atoms with Gasteiger partial charge in [-0.2, -0.15) is 5.10 Å². The van der Waals surface area contributed by atoms with Crippen molar-refractivity contribution in [2.45, 2.75) is 20.0 Å². The van der Waals surface area contributed by atoms with Crippen LogP contribution in [0, 0.1) is 6.92 Å². The summed E-state index contributed by atoms with van der Waals surface area (Å²) in [4.78, 5) is 0. The summed E-state index contributed by atoms with van der Waals surface area (Å²) in [7, 11) is 0. The Morgan fingerprint density at radius 3 is 2.77 bits per heavy atom. The Labute approximate surface area is 98.2 Å². The van der Waals surface area contributed by atoms with Gasteiger partial charge in [0, 0.05) is 13.1 Å². The molecule has 0 unspecified atom stereocenters. The quantitative estimate of drug-likeness (QED) is 0.790. The fourth-order valence-corrected chi connectivity index (χ4v) is 1.78. The van der Waals surface area contributed by atoms with E-state index in [9.17, 15) is 0 Å². The van der Waals surface area contributed by atoms with Crippen LogP contribution in [0.25, 0.3) is 0 Å². The van der Waals surface area contributed by atoms with E-state index in [2.05, 4.69) is 31.0 Å². The van der Waals surface area contributed by atoms with Crippen molar-refractivity contribution in [3.63, 3.8) is 0 Å². The van der Waals surface area contributed by atoms with E-state index in [0.717, 1.165) is 29.8 Å². The van der Waals surface area contributed by atoms with Crippen molar-refractivity contribution < 1.29 is 0 Å². The van der Waals surface area contributed by atoms with Crippen molar-refractivity contribution in [3.8, 4) is 0 Å². The molecule has 1 aromatic rings. The summed E-state index contributed by atoms with van der Waals surface area (Å²) in [5.41, 5.74) is 2.36. The summed E-state index contributed by atoms with van der Waals surface area (Å²) in [6, 6.07) is 0. The maximum Gasteiger partial charge on any atom is 0.0739 e. The molecule has 0 saturated carbocycles. The van der Waals surface area contributed by atoms with Gasteiger partial charge in [0.25, 0.3) is 0 Å². The van der Waals surface area contributed by atoms with E-state index in [1.165, 1.54) is 5.69 Å². The maximum absolute atomic E-state index is 4.38. The van der Waals surface area contributed by atoms with Crippen LogP contribution in [-0.4, -0.2) is 16.3 Å². The molecule has 1 aliphatic rings. The maximum atomic E-state index is 4.38. The third-order valence-electron chi connectivity index (χ3n) is 1.95. The lowest BCUT2D eigenvalue weighted by molar-refractivity contribution is 0.473. The summed E-state index contributed by atoms with van der Waals surface area (Å²) in [5, 5.41) is 7.68. The highest BCUT2D eigenvalue weighted by atomic mass is 79.9. The van der Waals surface area contributed by atoms with Gasteiger partial charge in [-0.3, -0.25) is 4.68 Å². The molecule has 0 saturated heterocycles. The molecule has 6 heteroatoms. The molecule has 0 atom stereocenters. The number of nitrogens with one attached hydrogen (secondary N) is 1. The van der Waals surface area contributed by atoms with Crippen molar-refractivity contribution in [2.75, 3.05) is 6.54 Å². The Morgan fingerprint density at radius 2 is 2.15 bits per heavy atom.